The van der Waals surface area contributed by atoms with E-state index in [1.54, 1.807) is 66.7 Å². The zero-order chi connectivity index (χ0) is 22.6. The van der Waals surface area contributed by atoms with E-state index in [4.69, 9.17) is 4.74 Å². The van der Waals surface area contributed by atoms with Crippen LogP contribution in [0.5, 0.6) is 5.75 Å². The molecule has 1 heterocycles. The third kappa shape index (κ3) is 4.33. The maximum absolute atomic E-state index is 13.4. The van der Waals surface area contributed by atoms with E-state index >= 15 is 0 Å². The maximum atomic E-state index is 13.4. The van der Waals surface area contributed by atoms with Crippen LogP contribution in [0.3, 0.4) is 0 Å². The van der Waals surface area contributed by atoms with Gasteiger partial charge in [0.15, 0.2) is 0 Å². The van der Waals surface area contributed by atoms with E-state index in [-0.39, 0.29) is 16.5 Å². The van der Waals surface area contributed by atoms with Gasteiger partial charge in [-0.2, -0.15) is 0 Å². The lowest BCUT2D eigenvalue weighted by Gasteiger charge is -2.05. The second-order valence-electron chi connectivity index (χ2n) is 6.65. The molecule has 4 aromatic rings. The van der Waals surface area contributed by atoms with Crippen LogP contribution in [0.25, 0.3) is 5.69 Å². The highest BCUT2D eigenvalue weighted by Crippen LogP contribution is 2.40. The summed E-state index contributed by atoms with van der Waals surface area (Å²) in [5, 5.41) is 12.3. The van der Waals surface area contributed by atoms with E-state index in [9.17, 15) is 13.2 Å². The number of carbonyl (C=O) groups excluding carboxylic acids is 1. The lowest BCUT2D eigenvalue weighted by atomic mass is 10.3. The number of sulfone groups is 1. The second-order valence-corrected chi connectivity index (χ2v) is 8.52. The number of azo groups is 1. The van der Waals surface area contributed by atoms with Crippen molar-refractivity contribution in [2.24, 2.45) is 10.2 Å². The molecular weight excluding hydrogens is 428 g/mol. The fourth-order valence-corrected chi connectivity index (χ4v) is 4.24. The fourth-order valence-electron chi connectivity index (χ4n) is 2.93. The van der Waals surface area contributed by atoms with Gasteiger partial charge in [-0.25, -0.2) is 13.1 Å². The summed E-state index contributed by atoms with van der Waals surface area (Å²) < 4.78 is 33.3. The first-order chi connectivity index (χ1) is 15.5. The van der Waals surface area contributed by atoms with Crippen LogP contribution < -0.4 is 4.74 Å². The number of esters is 1. The molecule has 0 fully saturated rings. The Morgan fingerprint density at radius 2 is 1.41 bits per heavy atom. The Morgan fingerprint density at radius 1 is 0.844 bits per heavy atom. The molecule has 0 spiro atoms. The van der Waals surface area contributed by atoms with E-state index in [1.165, 1.54) is 23.7 Å². The average Bonchev–Trinajstić information content (AvgIpc) is 3.18. The highest BCUT2D eigenvalue weighted by Gasteiger charge is 2.32. The molecule has 0 unspecified atom stereocenters. The van der Waals surface area contributed by atoms with Gasteiger partial charge in [-0.1, -0.05) is 54.6 Å². The van der Waals surface area contributed by atoms with Crippen molar-refractivity contribution in [3.05, 3.63) is 91.0 Å². The molecule has 4 rings (SSSR count). The number of aromatic nitrogens is 2. The number of rotatable bonds is 6. The van der Waals surface area contributed by atoms with Gasteiger partial charge >= 0.3 is 5.97 Å². The van der Waals surface area contributed by atoms with Crippen molar-refractivity contribution in [3.8, 4) is 11.4 Å². The number of ether oxygens (including phenoxy) is 1. The largest absolute Gasteiger partial charge is 0.419 e. The summed E-state index contributed by atoms with van der Waals surface area (Å²) >= 11 is 0. The summed E-state index contributed by atoms with van der Waals surface area (Å²) in [4.78, 5) is 11.9. The van der Waals surface area contributed by atoms with Gasteiger partial charge in [0.2, 0.25) is 26.4 Å². The zero-order valence-corrected chi connectivity index (χ0v) is 17.8. The second kappa shape index (κ2) is 8.94. The van der Waals surface area contributed by atoms with E-state index in [0.717, 1.165) is 0 Å². The molecular formula is C23H18N4O4S. The van der Waals surface area contributed by atoms with Gasteiger partial charge in [-0.15, -0.1) is 15.3 Å². The summed E-state index contributed by atoms with van der Waals surface area (Å²) in [5.74, 6) is -1.02. The van der Waals surface area contributed by atoms with Gasteiger partial charge < -0.3 is 4.74 Å². The minimum atomic E-state index is -4.12. The molecule has 0 N–H and O–H groups in total. The quantitative estimate of drug-likeness (QED) is 0.305. The molecule has 8 nitrogen and oxygen atoms in total. The van der Waals surface area contributed by atoms with E-state index < -0.39 is 20.8 Å². The first-order valence-electron chi connectivity index (χ1n) is 9.60. The first-order valence-corrected chi connectivity index (χ1v) is 11.1. The maximum Gasteiger partial charge on any atom is 0.308 e. The van der Waals surface area contributed by atoms with Crippen molar-refractivity contribution in [1.82, 2.24) is 9.78 Å². The normalized spacial score (nSPS) is 11.5. The van der Waals surface area contributed by atoms with E-state index in [0.29, 0.717) is 11.4 Å². The SMILES string of the molecule is CC(=O)Oc1c(S(=O)(=O)c2ccccc2)nn(-c2ccccc2)c1N=Nc1ccccc1. The van der Waals surface area contributed by atoms with Gasteiger partial charge in [0.05, 0.1) is 16.3 Å². The van der Waals surface area contributed by atoms with Crippen molar-refractivity contribution in [3.63, 3.8) is 0 Å². The molecule has 3 aromatic carbocycles. The highest BCUT2D eigenvalue weighted by atomic mass is 32.2. The van der Waals surface area contributed by atoms with Crippen LogP contribution in [-0.4, -0.2) is 24.2 Å². The number of carbonyl (C=O) groups is 1. The molecule has 160 valence electrons. The Morgan fingerprint density at radius 3 is 2.00 bits per heavy atom. The van der Waals surface area contributed by atoms with Crippen LogP contribution in [0.2, 0.25) is 0 Å². The molecule has 0 aliphatic heterocycles. The smallest absolute Gasteiger partial charge is 0.308 e. The van der Waals surface area contributed by atoms with Crippen LogP contribution in [0.4, 0.5) is 11.5 Å². The van der Waals surface area contributed by atoms with E-state index in [2.05, 4.69) is 15.3 Å². The van der Waals surface area contributed by atoms with Crippen LogP contribution in [0.1, 0.15) is 6.92 Å². The number of nitrogens with zero attached hydrogens (tertiary/aromatic N) is 4. The summed E-state index contributed by atoms with van der Waals surface area (Å²) in [5.41, 5.74) is 1.06. The van der Waals surface area contributed by atoms with Gasteiger partial charge in [0.1, 0.15) is 0 Å². The average molecular weight is 446 g/mol. The number of hydrogen-bond acceptors (Lipinski definition) is 7. The minimum absolute atomic E-state index is 0.0117. The zero-order valence-electron chi connectivity index (χ0n) is 17.0. The van der Waals surface area contributed by atoms with Crippen LogP contribution in [0, 0.1) is 0 Å². The summed E-state index contributed by atoms with van der Waals surface area (Å²) in [6, 6.07) is 25.5. The summed E-state index contributed by atoms with van der Waals surface area (Å²) in [6.45, 7) is 1.18. The molecule has 32 heavy (non-hydrogen) atoms. The Kier molecular flexibility index (Phi) is 5.91. The number of para-hydroxylation sites is 1. The topological polar surface area (TPSA) is 103 Å². The fraction of sp³-hybridized carbons (Fsp3) is 0.0435. The van der Waals surface area contributed by atoms with Crippen molar-refractivity contribution in [2.75, 3.05) is 0 Å². The van der Waals surface area contributed by atoms with Crippen molar-refractivity contribution in [1.29, 1.82) is 0 Å². The molecule has 9 heteroatoms. The Balaban J connectivity index is 1.97. The molecule has 0 atom stereocenters. The monoisotopic (exact) mass is 446 g/mol. The van der Waals surface area contributed by atoms with Gasteiger partial charge in [-0.05, 0) is 36.4 Å². The van der Waals surface area contributed by atoms with Crippen LogP contribution in [0.15, 0.2) is 111 Å². The van der Waals surface area contributed by atoms with E-state index in [1.807, 2.05) is 12.1 Å². The minimum Gasteiger partial charge on any atom is -0.419 e. The van der Waals surface area contributed by atoms with Crippen LogP contribution >= 0.6 is 0 Å². The molecule has 0 aliphatic carbocycles. The lowest BCUT2D eigenvalue weighted by molar-refractivity contribution is -0.132. The molecule has 0 bridgehead atoms. The lowest BCUT2D eigenvalue weighted by Crippen LogP contribution is -2.08. The molecule has 0 saturated heterocycles. The summed E-state index contributed by atoms with van der Waals surface area (Å²) in [7, 11) is -4.12. The molecule has 0 saturated carbocycles. The Hall–Kier alpha value is -4.11. The predicted molar refractivity (Wildman–Crippen MR) is 117 cm³/mol. The van der Waals surface area contributed by atoms with Crippen LogP contribution in [-0.2, 0) is 14.6 Å². The molecule has 0 amide bonds. The van der Waals surface area contributed by atoms with Gasteiger partial charge in [-0.3, -0.25) is 4.79 Å². The third-order valence-electron chi connectivity index (χ3n) is 4.36. The summed E-state index contributed by atoms with van der Waals surface area (Å²) in [6.07, 6.45) is 0. The third-order valence-corrected chi connectivity index (χ3v) is 6.03. The standard InChI is InChI=1S/C23H18N4O4S/c1-17(28)31-21-22(25-24-18-11-5-2-6-12-18)27(19-13-7-3-8-14-19)26-23(21)32(29,30)20-15-9-4-10-16-20/h2-16H,1H3. The molecule has 0 radical (unpaired) electrons. The van der Waals surface area contributed by atoms with Crippen molar-refractivity contribution < 1.29 is 17.9 Å². The van der Waals surface area contributed by atoms with Gasteiger partial charge in [0, 0.05) is 6.92 Å². The Labute approximate surface area is 184 Å². The molecule has 1 aromatic heterocycles. The van der Waals surface area contributed by atoms with Gasteiger partial charge in [0.25, 0.3) is 0 Å². The Bertz CT molecular complexity index is 1370. The first kappa shape index (κ1) is 21.1. The van der Waals surface area contributed by atoms with Crippen molar-refractivity contribution in [2.45, 2.75) is 16.8 Å². The molecule has 0 aliphatic rings. The number of hydrogen-bond donors (Lipinski definition) is 0. The number of benzene rings is 3. The predicted octanol–water partition coefficient (Wildman–Crippen LogP) is 5.05. The highest BCUT2D eigenvalue weighted by molar-refractivity contribution is 7.91. The van der Waals surface area contributed by atoms with Crippen molar-refractivity contribution >= 4 is 27.3 Å².